The molecular weight excluding hydrogens is 372 g/mol. The number of carbonyl (C=O) groups is 2. The summed E-state index contributed by atoms with van der Waals surface area (Å²) in [6.45, 7) is 0. The Labute approximate surface area is 107 Å². The van der Waals surface area contributed by atoms with Gasteiger partial charge in [-0.3, -0.25) is 0 Å². The molecule has 2 rings (SSSR count). The van der Waals surface area contributed by atoms with Crippen LogP contribution in [0.3, 0.4) is 0 Å². The molecule has 15 heavy (non-hydrogen) atoms. The number of halogens is 1. The van der Waals surface area contributed by atoms with Crippen LogP contribution in [0.5, 0.6) is 0 Å². The van der Waals surface area contributed by atoms with Gasteiger partial charge in [-0.25, -0.2) is 0 Å². The van der Waals surface area contributed by atoms with Gasteiger partial charge in [0, 0.05) is 0 Å². The average Bonchev–Trinajstić information content (AvgIpc) is 2.45. The summed E-state index contributed by atoms with van der Waals surface area (Å²) in [7, 11) is 0. The molecule has 5 heteroatoms. The van der Waals surface area contributed by atoms with E-state index in [0.29, 0.717) is 4.47 Å². The second-order valence-corrected chi connectivity index (χ2v) is 6.28. The van der Waals surface area contributed by atoms with Gasteiger partial charge in [0.25, 0.3) is 0 Å². The van der Waals surface area contributed by atoms with Crippen LogP contribution in [-0.4, -0.2) is 25.7 Å². The summed E-state index contributed by atoms with van der Waals surface area (Å²) in [5.74, 6) is -0.251. The van der Waals surface area contributed by atoms with Gasteiger partial charge in [0.2, 0.25) is 0 Å². The van der Waals surface area contributed by atoms with Crippen LogP contribution < -0.4 is 5.32 Å². The first-order chi connectivity index (χ1) is 7.15. The fourth-order valence-electron chi connectivity index (χ4n) is 1.17. The number of benzene rings is 1. The first kappa shape index (κ1) is 10.9. The van der Waals surface area contributed by atoms with Crippen molar-refractivity contribution >= 4 is 54.3 Å². The molecule has 1 saturated heterocycles. The SMILES string of the molecule is O=C1NC(=O)/C(=C\c2cccc(I)c2)[Se]1. The maximum atomic E-state index is 11.3. The summed E-state index contributed by atoms with van der Waals surface area (Å²) >= 11 is 1.83. The second-order valence-electron chi connectivity index (χ2n) is 2.91. The molecule has 1 fully saturated rings. The van der Waals surface area contributed by atoms with Crippen molar-refractivity contribution in [1.29, 1.82) is 0 Å². The van der Waals surface area contributed by atoms with E-state index in [4.69, 9.17) is 0 Å². The van der Waals surface area contributed by atoms with Crippen molar-refractivity contribution in [3.8, 4) is 0 Å². The van der Waals surface area contributed by atoms with Gasteiger partial charge < -0.3 is 0 Å². The fraction of sp³-hybridized carbons (Fsp3) is 0. The predicted molar refractivity (Wildman–Crippen MR) is 66.4 cm³/mol. The van der Waals surface area contributed by atoms with Gasteiger partial charge in [-0.15, -0.1) is 0 Å². The minimum atomic E-state index is -0.377. The molecule has 1 heterocycles. The second kappa shape index (κ2) is 4.47. The van der Waals surface area contributed by atoms with Gasteiger partial charge in [0.15, 0.2) is 0 Å². The fourth-order valence-corrected chi connectivity index (χ4v) is 3.17. The molecule has 1 aromatic rings. The van der Waals surface area contributed by atoms with Gasteiger partial charge in [-0.2, -0.15) is 0 Å². The third-order valence-corrected chi connectivity index (χ3v) is 4.16. The summed E-state index contributed by atoms with van der Waals surface area (Å²) < 4.78 is 1.70. The van der Waals surface area contributed by atoms with E-state index in [1.165, 1.54) is 0 Å². The van der Waals surface area contributed by atoms with E-state index in [9.17, 15) is 9.59 Å². The van der Waals surface area contributed by atoms with E-state index < -0.39 is 0 Å². The van der Waals surface area contributed by atoms with E-state index in [1.54, 1.807) is 6.08 Å². The Bertz CT molecular complexity index is 470. The third-order valence-electron chi connectivity index (χ3n) is 1.79. The Balaban J connectivity index is 2.31. The summed E-state index contributed by atoms with van der Waals surface area (Å²) in [5, 5.41) is 2.28. The number of amides is 2. The van der Waals surface area contributed by atoms with Gasteiger partial charge in [0.1, 0.15) is 0 Å². The molecule has 3 nitrogen and oxygen atoms in total. The molecule has 1 aliphatic heterocycles. The van der Waals surface area contributed by atoms with E-state index in [1.807, 2.05) is 24.3 Å². The summed E-state index contributed by atoms with van der Waals surface area (Å²) in [6, 6.07) is 7.80. The minimum absolute atomic E-state index is 0.163. The number of imide groups is 1. The van der Waals surface area contributed by atoms with Crippen LogP contribution in [0.25, 0.3) is 6.08 Å². The van der Waals surface area contributed by atoms with Crippen LogP contribution in [0.4, 0.5) is 4.79 Å². The Hall–Kier alpha value is -0.651. The summed E-state index contributed by atoms with van der Waals surface area (Å²) in [4.78, 5) is 22.1. The molecule has 1 aromatic carbocycles. The van der Waals surface area contributed by atoms with Gasteiger partial charge in [-0.05, 0) is 0 Å². The van der Waals surface area contributed by atoms with Crippen LogP contribution in [-0.2, 0) is 4.79 Å². The quantitative estimate of drug-likeness (QED) is 0.459. The van der Waals surface area contributed by atoms with Crippen LogP contribution in [0.2, 0.25) is 0 Å². The molecule has 0 radical (unpaired) electrons. The van der Waals surface area contributed by atoms with Crippen molar-refractivity contribution in [2.45, 2.75) is 0 Å². The molecule has 0 atom stereocenters. The van der Waals surface area contributed by atoms with Crippen molar-refractivity contribution < 1.29 is 9.59 Å². The normalized spacial score (nSPS) is 18.3. The summed E-state index contributed by atoms with van der Waals surface area (Å²) in [6.07, 6.45) is 1.78. The molecule has 0 aromatic heterocycles. The van der Waals surface area contributed by atoms with Crippen molar-refractivity contribution in [2.24, 2.45) is 0 Å². The van der Waals surface area contributed by atoms with Crippen LogP contribution >= 0.6 is 22.6 Å². The molecule has 1 aliphatic rings. The van der Waals surface area contributed by atoms with Crippen LogP contribution in [0.1, 0.15) is 5.56 Å². The van der Waals surface area contributed by atoms with Crippen molar-refractivity contribution in [3.63, 3.8) is 0 Å². The van der Waals surface area contributed by atoms with Crippen molar-refractivity contribution in [2.75, 3.05) is 0 Å². The van der Waals surface area contributed by atoms with E-state index >= 15 is 0 Å². The Morgan fingerprint density at radius 1 is 1.33 bits per heavy atom. The topological polar surface area (TPSA) is 46.2 Å². The zero-order valence-corrected chi connectivity index (χ0v) is 11.4. The summed E-state index contributed by atoms with van der Waals surface area (Å²) in [5.41, 5.74) is 0.962. The maximum absolute atomic E-state index is 11.3. The number of carbonyl (C=O) groups excluding carboxylic acids is 2. The zero-order chi connectivity index (χ0) is 10.8. The Kier molecular flexibility index (Phi) is 3.23. The Morgan fingerprint density at radius 2 is 2.13 bits per heavy atom. The first-order valence-electron chi connectivity index (χ1n) is 4.15. The first-order valence-corrected chi connectivity index (χ1v) is 6.95. The van der Waals surface area contributed by atoms with Crippen molar-refractivity contribution in [3.05, 3.63) is 37.9 Å². The number of hydrogen-bond donors (Lipinski definition) is 1. The van der Waals surface area contributed by atoms with Gasteiger partial charge in [0.05, 0.1) is 0 Å². The molecule has 0 spiro atoms. The average molecular weight is 378 g/mol. The molecule has 76 valence electrons. The molecule has 2 amide bonds. The number of nitrogens with one attached hydrogen (secondary N) is 1. The van der Waals surface area contributed by atoms with Crippen molar-refractivity contribution in [1.82, 2.24) is 5.32 Å². The van der Waals surface area contributed by atoms with Crippen LogP contribution in [0.15, 0.2) is 28.7 Å². The van der Waals surface area contributed by atoms with Crippen LogP contribution in [0, 0.1) is 3.57 Å². The van der Waals surface area contributed by atoms with E-state index in [2.05, 4.69) is 27.9 Å². The molecule has 0 unspecified atom stereocenters. The van der Waals surface area contributed by atoms with Gasteiger partial charge >= 0.3 is 107 Å². The van der Waals surface area contributed by atoms with E-state index in [0.717, 1.165) is 9.13 Å². The standard InChI is InChI=1S/C10H6INO2Se/c11-7-3-1-2-6(4-7)5-8-9(13)12-10(14)15-8/h1-5H,(H,12,13,14)/b8-5+. The zero-order valence-electron chi connectivity index (χ0n) is 7.49. The third kappa shape index (κ3) is 2.68. The number of rotatable bonds is 1. The Morgan fingerprint density at radius 3 is 2.73 bits per heavy atom. The molecular formula is C10H6INO2Se. The molecule has 1 N–H and O–H groups in total. The molecule has 0 aliphatic carbocycles. The predicted octanol–water partition coefficient (Wildman–Crippen LogP) is 1.59. The monoisotopic (exact) mass is 379 g/mol. The molecule has 0 bridgehead atoms. The van der Waals surface area contributed by atoms with Gasteiger partial charge in [-0.1, -0.05) is 0 Å². The molecule has 0 saturated carbocycles. The van der Waals surface area contributed by atoms with E-state index in [-0.39, 0.29) is 25.7 Å². The number of hydrogen-bond acceptors (Lipinski definition) is 2.